The molecule has 6 heteroatoms. The lowest BCUT2D eigenvalue weighted by Gasteiger charge is -2.60. The highest BCUT2D eigenvalue weighted by atomic mass is 16.7. The summed E-state index contributed by atoms with van der Waals surface area (Å²) in [6.07, 6.45) is 13.3. The molecule has 1 N–H and O–H groups in total. The second kappa shape index (κ2) is 9.38. The summed E-state index contributed by atoms with van der Waals surface area (Å²) in [4.78, 5) is 2.34. The van der Waals surface area contributed by atoms with Gasteiger partial charge in [-0.15, -0.1) is 0 Å². The third kappa shape index (κ3) is 3.94. The molecule has 7 fully saturated rings. The van der Waals surface area contributed by atoms with Crippen LogP contribution < -0.4 is 0 Å². The predicted molar refractivity (Wildman–Crippen MR) is 155 cm³/mol. The molecule has 2 saturated heterocycles. The van der Waals surface area contributed by atoms with Crippen molar-refractivity contribution in [2.24, 2.45) is 45.3 Å². The Morgan fingerprint density at radius 1 is 0.950 bits per heavy atom. The summed E-state index contributed by atoms with van der Waals surface area (Å²) < 4.78 is 25.5. The monoisotopic (exact) mass is 559 g/mol. The van der Waals surface area contributed by atoms with Gasteiger partial charge in [0.15, 0.2) is 6.29 Å². The van der Waals surface area contributed by atoms with Gasteiger partial charge in [-0.25, -0.2) is 0 Å². The van der Waals surface area contributed by atoms with Gasteiger partial charge in [-0.2, -0.15) is 0 Å². The summed E-state index contributed by atoms with van der Waals surface area (Å²) in [7, 11) is 3.91. The maximum Gasteiger partial charge on any atom is 0.170 e. The minimum atomic E-state index is -0.890. The van der Waals surface area contributed by atoms with Crippen molar-refractivity contribution in [1.29, 1.82) is 0 Å². The van der Waals surface area contributed by atoms with Gasteiger partial charge in [-0.05, 0) is 130 Å². The van der Waals surface area contributed by atoms with Crippen LogP contribution in [0.1, 0.15) is 98.8 Å². The molecule has 12 atom stereocenters. The van der Waals surface area contributed by atoms with Gasteiger partial charge in [-0.3, -0.25) is 4.90 Å². The Labute approximate surface area is 243 Å². The highest BCUT2D eigenvalue weighted by Crippen LogP contribution is 2.87. The molecule has 6 nitrogen and oxygen atoms in total. The standard InChI is InChI=1S/C34H57NO5/c1-30(2)26-11-9-21-23-18-25-22(8-10-24(39-25)29(37-7)31(3,4)36)32(23,5)14-15-33(21)20-34(26,33)13-12-27(30)40-28-19-35(6)16-17-38-28/h21-29,36H,8-20H2,1-7H3. The summed E-state index contributed by atoms with van der Waals surface area (Å²) in [6, 6.07) is 0. The van der Waals surface area contributed by atoms with Crippen LogP contribution in [-0.4, -0.2) is 80.2 Å². The zero-order valence-corrected chi connectivity index (χ0v) is 26.4. The molecule has 0 radical (unpaired) electrons. The summed E-state index contributed by atoms with van der Waals surface area (Å²) in [5, 5.41) is 10.8. The zero-order chi connectivity index (χ0) is 28.3. The SMILES string of the molecule is COC(C1CCC2C(CC3C4CCC5C(C)(C)C(OC6CN(C)CCO6)CCC56CC46CCC23C)O1)C(C)(C)O. The smallest absolute Gasteiger partial charge is 0.170 e. The number of aliphatic hydroxyl groups is 1. The highest BCUT2D eigenvalue weighted by Gasteiger charge is 2.80. The Balaban J connectivity index is 1.08. The maximum absolute atomic E-state index is 10.8. The van der Waals surface area contributed by atoms with E-state index in [1.54, 1.807) is 7.11 Å². The number of hydrogen-bond donors (Lipinski definition) is 1. The number of likely N-dealkylation sites (N-methyl/N-ethyl adjacent to an activating group) is 1. The van der Waals surface area contributed by atoms with Gasteiger partial charge >= 0.3 is 0 Å². The van der Waals surface area contributed by atoms with E-state index in [0.29, 0.717) is 34.4 Å². The van der Waals surface area contributed by atoms with Gasteiger partial charge in [0.05, 0.1) is 30.5 Å². The molecule has 2 heterocycles. The number of hydrogen-bond acceptors (Lipinski definition) is 6. The molecule has 12 unspecified atom stereocenters. The van der Waals surface area contributed by atoms with Crippen LogP contribution in [0.25, 0.3) is 0 Å². The normalized spacial score (nSPS) is 52.5. The average molecular weight is 560 g/mol. The lowest BCUT2D eigenvalue weighted by Crippen LogP contribution is -2.56. The van der Waals surface area contributed by atoms with Crippen LogP contribution in [0.4, 0.5) is 0 Å². The quantitative estimate of drug-likeness (QED) is 0.470. The second-order valence-corrected chi connectivity index (χ2v) is 16.8. The Morgan fingerprint density at radius 2 is 1.73 bits per heavy atom. The Bertz CT molecular complexity index is 980. The highest BCUT2D eigenvalue weighted by molar-refractivity contribution is 5.29. The molecule has 2 spiro atoms. The van der Waals surface area contributed by atoms with E-state index in [2.05, 4.69) is 32.7 Å². The van der Waals surface area contributed by atoms with Crippen molar-refractivity contribution < 1.29 is 24.1 Å². The van der Waals surface area contributed by atoms with E-state index >= 15 is 0 Å². The van der Waals surface area contributed by atoms with Crippen molar-refractivity contribution >= 4 is 0 Å². The fraction of sp³-hybridized carbons (Fsp3) is 1.00. The lowest BCUT2D eigenvalue weighted by atomic mass is 9.46. The number of nitrogens with zero attached hydrogens (tertiary/aromatic N) is 1. The first-order valence-corrected chi connectivity index (χ1v) is 16.7. The number of methoxy groups -OCH3 is 1. The Kier molecular flexibility index (Phi) is 6.69. The largest absolute Gasteiger partial charge is 0.388 e. The first-order chi connectivity index (χ1) is 18.9. The lowest BCUT2D eigenvalue weighted by molar-refractivity contribution is -0.243. The first-order valence-electron chi connectivity index (χ1n) is 16.7. The van der Waals surface area contributed by atoms with Gasteiger partial charge in [0.1, 0.15) is 6.10 Å². The molecular weight excluding hydrogens is 502 g/mol. The van der Waals surface area contributed by atoms with Crippen LogP contribution in [0.5, 0.6) is 0 Å². The van der Waals surface area contributed by atoms with Crippen molar-refractivity contribution in [3.8, 4) is 0 Å². The molecule has 7 rings (SSSR count). The number of fused-ring (bicyclic) bond motifs is 4. The molecule has 5 saturated carbocycles. The molecule has 0 aromatic rings. The zero-order valence-electron chi connectivity index (χ0n) is 26.4. The molecule has 0 aromatic heterocycles. The van der Waals surface area contributed by atoms with Crippen LogP contribution in [0.2, 0.25) is 0 Å². The van der Waals surface area contributed by atoms with Crippen molar-refractivity contribution in [1.82, 2.24) is 4.90 Å². The fourth-order valence-corrected chi connectivity index (χ4v) is 12.6. The summed E-state index contributed by atoms with van der Waals surface area (Å²) in [5.41, 5.74) is 0.792. The Morgan fingerprint density at radius 3 is 2.45 bits per heavy atom. The summed E-state index contributed by atoms with van der Waals surface area (Å²) in [6.45, 7) is 14.1. The van der Waals surface area contributed by atoms with Crippen LogP contribution >= 0.6 is 0 Å². The molecular formula is C34H57NO5. The molecule has 0 aromatic carbocycles. The number of ether oxygens (including phenoxy) is 4. The molecule has 228 valence electrons. The molecule has 5 aliphatic carbocycles. The van der Waals surface area contributed by atoms with Crippen molar-refractivity contribution in [2.75, 3.05) is 33.9 Å². The fourth-order valence-electron chi connectivity index (χ4n) is 12.6. The van der Waals surface area contributed by atoms with Gasteiger partial charge < -0.3 is 24.1 Å². The van der Waals surface area contributed by atoms with Gasteiger partial charge in [0, 0.05) is 20.2 Å². The van der Waals surface area contributed by atoms with Gasteiger partial charge in [0.25, 0.3) is 0 Å². The third-order valence-electron chi connectivity index (χ3n) is 14.4. The molecule has 0 bridgehead atoms. The summed E-state index contributed by atoms with van der Waals surface area (Å²) in [5.74, 6) is 3.05. The number of morpholine rings is 1. The topological polar surface area (TPSA) is 60.4 Å². The molecule has 2 aliphatic heterocycles. The minimum Gasteiger partial charge on any atom is -0.388 e. The van der Waals surface area contributed by atoms with E-state index < -0.39 is 5.60 Å². The molecule has 40 heavy (non-hydrogen) atoms. The molecule has 7 aliphatic rings. The molecule has 0 amide bonds. The van der Waals surface area contributed by atoms with Gasteiger partial charge in [-0.1, -0.05) is 20.8 Å². The van der Waals surface area contributed by atoms with Crippen LogP contribution in [-0.2, 0) is 18.9 Å². The third-order valence-corrected chi connectivity index (χ3v) is 14.4. The predicted octanol–water partition coefficient (Wildman–Crippen LogP) is 5.65. The van der Waals surface area contributed by atoms with E-state index in [-0.39, 0.29) is 23.9 Å². The summed E-state index contributed by atoms with van der Waals surface area (Å²) >= 11 is 0. The van der Waals surface area contributed by atoms with E-state index in [4.69, 9.17) is 18.9 Å². The van der Waals surface area contributed by atoms with Crippen LogP contribution in [0.15, 0.2) is 0 Å². The van der Waals surface area contributed by atoms with E-state index in [1.807, 2.05) is 13.8 Å². The minimum absolute atomic E-state index is 0.00373. The van der Waals surface area contributed by atoms with E-state index in [9.17, 15) is 5.11 Å². The average Bonchev–Trinajstić information content (AvgIpc) is 3.46. The van der Waals surface area contributed by atoms with Crippen LogP contribution in [0.3, 0.4) is 0 Å². The van der Waals surface area contributed by atoms with E-state index in [1.165, 1.54) is 57.8 Å². The maximum atomic E-state index is 10.8. The van der Waals surface area contributed by atoms with Gasteiger partial charge in [0.2, 0.25) is 0 Å². The second-order valence-electron chi connectivity index (χ2n) is 16.8. The Hall–Kier alpha value is -0.240. The number of rotatable bonds is 5. The van der Waals surface area contributed by atoms with Crippen LogP contribution in [0, 0.1) is 45.3 Å². The van der Waals surface area contributed by atoms with Crippen molar-refractivity contribution in [2.45, 2.75) is 135 Å². The van der Waals surface area contributed by atoms with E-state index in [0.717, 1.165) is 43.9 Å². The van der Waals surface area contributed by atoms with Crippen molar-refractivity contribution in [3.05, 3.63) is 0 Å². The van der Waals surface area contributed by atoms with Crippen molar-refractivity contribution in [3.63, 3.8) is 0 Å². The first kappa shape index (κ1) is 28.5.